The van der Waals surface area contributed by atoms with Gasteiger partial charge in [-0.1, -0.05) is 48.9 Å². The van der Waals surface area contributed by atoms with E-state index >= 15 is 0 Å². The van der Waals surface area contributed by atoms with Gasteiger partial charge in [-0.05, 0) is 36.6 Å². The number of rotatable bonds is 5. The largest absolute Gasteiger partial charge is 0.381 e. The molecule has 20 heavy (non-hydrogen) atoms. The number of anilines is 1. The highest BCUT2D eigenvalue weighted by molar-refractivity contribution is 6.33. The number of halogens is 1. The number of nitrogens with zero attached hydrogens (tertiary/aromatic N) is 1. The summed E-state index contributed by atoms with van der Waals surface area (Å²) in [7, 11) is 0. The highest BCUT2D eigenvalue weighted by Crippen LogP contribution is 2.24. The summed E-state index contributed by atoms with van der Waals surface area (Å²) >= 11 is 6.19. The lowest BCUT2D eigenvalue weighted by Crippen LogP contribution is -2.21. The van der Waals surface area contributed by atoms with E-state index in [0.717, 1.165) is 18.5 Å². The van der Waals surface area contributed by atoms with Crippen LogP contribution in [-0.4, -0.2) is 6.04 Å². The summed E-state index contributed by atoms with van der Waals surface area (Å²) < 4.78 is 0. The molecule has 0 bridgehead atoms. The van der Waals surface area contributed by atoms with Crippen molar-refractivity contribution in [2.75, 3.05) is 5.32 Å². The van der Waals surface area contributed by atoms with Crippen LogP contribution in [0, 0.1) is 11.3 Å². The van der Waals surface area contributed by atoms with E-state index in [-0.39, 0.29) is 0 Å². The van der Waals surface area contributed by atoms with Crippen LogP contribution >= 0.6 is 11.6 Å². The third-order valence-corrected chi connectivity index (χ3v) is 3.60. The lowest BCUT2D eigenvalue weighted by atomic mass is 10.0. The normalized spacial score (nSPS) is 11.7. The molecule has 0 spiro atoms. The Morgan fingerprint density at radius 2 is 1.95 bits per heavy atom. The Labute approximate surface area is 125 Å². The smallest absolute Gasteiger partial charge is 0.0992 e. The number of hydrogen-bond donors (Lipinski definition) is 1. The third-order valence-electron chi connectivity index (χ3n) is 3.27. The average molecular weight is 285 g/mol. The second-order valence-corrected chi connectivity index (χ2v) is 5.15. The summed E-state index contributed by atoms with van der Waals surface area (Å²) in [6.45, 7) is 2.14. The molecule has 2 aromatic carbocycles. The second kappa shape index (κ2) is 6.98. The van der Waals surface area contributed by atoms with Gasteiger partial charge in [0.2, 0.25) is 0 Å². The van der Waals surface area contributed by atoms with Gasteiger partial charge in [0.05, 0.1) is 22.3 Å². The molecule has 0 saturated heterocycles. The van der Waals surface area contributed by atoms with Crippen molar-refractivity contribution in [3.63, 3.8) is 0 Å². The van der Waals surface area contributed by atoms with Crippen LogP contribution < -0.4 is 5.32 Å². The van der Waals surface area contributed by atoms with Crippen LogP contribution in [-0.2, 0) is 6.42 Å². The van der Waals surface area contributed by atoms with E-state index in [0.29, 0.717) is 16.6 Å². The Hall–Kier alpha value is -1.98. The molecule has 0 aromatic heterocycles. The molecule has 0 heterocycles. The zero-order chi connectivity index (χ0) is 14.4. The molecule has 1 unspecified atom stereocenters. The minimum atomic E-state index is 0.295. The maximum atomic E-state index is 8.96. The van der Waals surface area contributed by atoms with Crippen molar-refractivity contribution in [1.82, 2.24) is 0 Å². The van der Waals surface area contributed by atoms with Gasteiger partial charge in [0.1, 0.15) is 0 Å². The molecule has 0 saturated carbocycles. The van der Waals surface area contributed by atoms with Crippen molar-refractivity contribution in [3.05, 3.63) is 64.7 Å². The van der Waals surface area contributed by atoms with Crippen LogP contribution in [0.2, 0.25) is 5.02 Å². The Kier molecular flexibility index (Phi) is 5.03. The monoisotopic (exact) mass is 284 g/mol. The van der Waals surface area contributed by atoms with Crippen LogP contribution in [0.15, 0.2) is 48.5 Å². The Morgan fingerprint density at radius 3 is 2.60 bits per heavy atom. The van der Waals surface area contributed by atoms with Gasteiger partial charge in [-0.2, -0.15) is 5.26 Å². The molecule has 3 heteroatoms. The fourth-order valence-electron chi connectivity index (χ4n) is 2.12. The molecular weight excluding hydrogens is 268 g/mol. The first kappa shape index (κ1) is 14.4. The molecule has 0 fully saturated rings. The molecule has 0 aliphatic carbocycles. The first-order valence-corrected chi connectivity index (χ1v) is 7.11. The van der Waals surface area contributed by atoms with Crippen LogP contribution in [0.5, 0.6) is 0 Å². The van der Waals surface area contributed by atoms with E-state index in [1.165, 1.54) is 5.56 Å². The molecule has 2 rings (SSSR count). The summed E-state index contributed by atoms with van der Waals surface area (Å²) in [5, 5.41) is 13.0. The summed E-state index contributed by atoms with van der Waals surface area (Å²) in [5.41, 5.74) is 2.74. The minimum Gasteiger partial charge on any atom is -0.381 e. The van der Waals surface area contributed by atoms with Gasteiger partial charge in [-0.3, -0.25) is 0 Å². The topological polar surface area (TPSA) is 35.8 Å². The molecule has 2 nitrogen and oxygen atoms in total. The van der Waals surface area contributed by atoms with Crippen molar-refractivity contribution in [1.29, 1.82) is 5.26 Å². The van der Waals surface area contributed by atoms with Crippen LogP contribution in [0.4, 0.5) is 5.69 Å². The molecule has 0 amide bonds. The molecule has 1 atom stereocenters. The number of benzene rings is 2. The summed E-state index contributed by atoms with van der Waals surface area (Å²) in [6, 6.07) is 18.1. The molecule has 0 radical (unpaired) electrons. The van der Waals surface area contributed by atoms with Crippen molar-refractivity contribution in [2.45, 2.75) is 25.8 Å². The predicted octanol–water partition coefficient (Wildman–Crippen LogP) is 4.64. The quantitative estimate of drug-likeness (QED) is 0.868. The molecule has 2 aromatic rings. The summed E-state index contributed by atoms with van der Waals surface area (Å²) in [5.74, 6) is 0. The van der Waals surface area contributed by atoms with E-state index in [9.17, 15) is 0 Å². The number of nitrogens with one attached hydrogen (secondary N) is 1. The molecule has 0 aliphatic heterocycles. The van der Waals surface area contributed by atoms with Gasteiger partial charge < -0.3 is 5.32 Å². The minimum absolute atomic E-state index is 0.295. The van der Waals surface area contributed by atoms with E-state index in [2.05, 4.69) is 30.4 Å². The molecule has 0 aliphatic rings. The number of nitriles is 1. The van der Waals surface area contributed by atoms with Gasteiger partial charge in [-0.25, -0.2) is 0 Å². The van der Waals surface area contributed by atoms with Crippen LogP contribution in [0.25, 0.3) is 0 Å². The van der Waals surface area contributed by atoms with E-state index in [4.69, 9.17) is 16.9 Å². The predicted molar refractivity (Wildman–Crippen MR) is 84.0 cm³/mol. The van der Waals surface area contributed by atoms with Gasteiger partial charge in [0.25, 0.3) is 0 Å². The van der Waals surface area contributed by atoms with Gasteiger partial charge in [0.15, 0.2) is 0 Å². The first-order valence-electron chi connectivity index (χ1n) is 6.73. The zero-order valence-electron chi connectivity index (χ0n) is 11.4. The third kappa shape index (κ3) is 3.76. The lowest BCUT2D eigenvalue weighted by Gasteiger charge is -2.19. The zero-order valence-corrected chi connectivity index (χ0v) is 12.2. The van der Waals surface area contributed by atoms with Crippen molar-refractivity contribution in [3.8, 4) is 6.07 Å². The maximum absolute atomic E-state index is 8.96. The van der Waals surface area contributed by atoms with Gasteiger partial charge >= 0.3 is 0 Å². The van der Waals surface area contributed by atoms with Gasteiger partial charge in [-0.15, -0.1) is 0 Å². The number of hydrogen-bond acceptors (Lipinski definition) is 2. The Balaban J connectivity index is 2.12. The summed E-state index contributed by atoms with van der Waals surface area (Å²) in [4.78, 5) is 0. The highest BCUT2D eigenvalue weighted by Gasteiger charge is 2.10. The van der Waals surface area contributed by atoms with Crippen molar-refractivity contribution < 1.29 is 0 Å². The molecular formula is C17H17ClN2. The first-order chi connectivity index (χ1) is 9.72. The standard InChI is InChI=1S/C17H17ClN2/c1-2-15(10-13-6-4-3-5-7-13)20-17-11-14(12-19)8-9-16(17)18/h3-9,11,15,20H,2,10H2,1H3. The molecule has 1 N–H and O–H groups in total. The summed E-state index contributed by atoms with van der Waals surface area (Å²) in [6.07, 6.45) is 1.92. The lowest BCUT2D eigenvalue weighted by molar-refractivity contribution is 0.690. The van der Waals surface area contributed by atoms with E-state index in [1.807, 2.05) is 18.2 Å². The van der Waals surface area contributed by atoms with Crippen LogP contribution in [0.3, 0.4) is 0 Å². The van der Waals surface area contributed by atoms with E-state index in [1.54, 1.807) is 18.2 Å². The Morgan fingerprint density at radius 1 is 1.20 bits per heavy atom. The van der Waals surface area contributed by atoms with Crippen LogP contribution in [0.1, 0.15) is 24.5 Å². The van der Waals surface area contributed by atoms with Gasteiger partial charge in [0, 0.05) is 6.04 Å². The molecule has 102 valence electrons. The van der Waals surface area contributed by atoms with E-state index < -0.39 is 0 Å². The second-order valence-electron chi connectivity index (χ2n) is 4.75. The highest BCUT2D eigenvalue weighted by atomic mass is 35.5. The average Bonchev–Trinajstić information content (AvgIpc) is 2.49. The van der Waals surface area contributed by atoms with Crippen molar-refractivity contribution in [2.24, 2.45) is 0 Å². The fourth-order valence-corrected chi connectivity index (χ4v) is 2.29. The SMILES string of the molecule is CCC(Cc1ccccc1)Nc1cc(C#N)ccc1Cl. The fraction of sp³-hybridized carbons (Fsp3) is 0.235. The Bertz CT molecular complexity index is 602. The van der Waals surface area contributed by atoms with Crippen molar-refractivity contribution >= 4 is 17.3 Å². The maximum Gasteiger partial charge on any atom is 0.0992 e.